The largest absolute Gasteiger partial charge is 0.322 e. The van der Waals surface area contributed by atoms with Crippen LogP contribution in [0.3, 0.4) is 0 Å². The van der Waals surface area contributed by atoms with Crippen LogP contribution in [0.2, 0.25) is 0 Å². The van der Waals surface area contributed by atoms with Gasteiger partial charge in [0.2, 0.25) is 0 Å². The van der Waals surface area contributed by atoms with Gasteiger partial charge in [-0.15, -0.1) is 23.1 Å². The molecule has 4 aromatic rings. The zero-order chi connectivity index (χ0) is 23.1. The van der Waals surface area contributed by atoms with Crippen LogP contribution < -0.4 is 5.32 Å². The second kappa shape index (κ2) is 9.01. The van der Waals surface area contributed by atoms with Gasteiger partial charge in [0.1, 0.15) is 5.00 Å². The minimum absolute atomic E-state index is 0.0681. The average Bonchev–Trinajstić information content (AvgIpc) is 3.47. The fourth-order valence-corrected chi connectivity index (χ4v) is 7.05. The number of benzene rings is 2. The lowest BCUT2D eigenvalue weighted by Crippen LogP contribution is -2.38. The van der Waals surface area contributed by atoms with Crippen molar-refractivity contribution in [3.63, 3.8) is 0 Å². The molecule has 1 aliphatic heterocycles. The highest BCUT2D eigenvalue weighted by Crippen LogP contribution is 2.44. The number of carbonyl (C=O) groups excluding carboxylic acids is 1. The summed E-state index contributed by atoms with van der Waals surface area (Å²) in [6.07, 6.45) is 9.00. The summed E-state index contributed by atoms with van der Waals surface area (Å²) in [7, 11) is 0. The Balaban J connectivity index is 1.49. The van der Waals surface area contributed by atoms with Gasteiger partial charge in [-0.25, -0.2) is 4.79 Å². The number of nitrogens with zero attached hydrogens (tertiary/aromatic N) is 2. The first-order valence-corrected chi connectivity index (χ1v) is 13.8. The van der Waals surface area contributed by atoms with Gasteiger partial charge < -0.3 is 14.8 Å². The number of aryl methyl sites for hydroxylation is 1. The molecule has 3 heterocycles. The molecule has 0 bridgehead atoms. The number of carbonyl (C=O) groups is 1. The Morgan fingerprint density at radius 2 is 1.76 bits per heavy atom. The topological polar surface area (TPSA) is 37.3 Å². The molecule has 1 atom stereocenters. The van der Waals surface area contributed by atoms with Crippen molar-refractivity contribution in [1.29, 1.82) is 0 Å². The fraction of sp³-hybridized carbons (Fsp3) is 0.250. The van der Waals surface area contributed by atoms with E-state index in [4.69, 9.17) is 0 Å². The number of nitrogens with one attached hydrogen (secondary N) is 1. The van der Waals surface area contributed by atoms with Gasteiger partial charge in [0.05, 0.1) is 18.3 Å². The van der Waals surface area contributed by atoms with Crippen molar-refractivity contribution < 1.29 is 4.79 Å². The van der Waals surface area contributed by atoms with Crippen LogP contribution in [-0.4, -0.2) is 21.8 Å². The molecule has 4 nitrogen and oxygen atoms in total. The molecule has 172 valence electrons. The second-order valence-electron chi connectivity index (χ2n) is 8.90. The number of urea groups is 1. The molecule has 2 aromatic carbocycles. The molecular formula is C28H27N3OS2. The van der Waals surface area contributed by atoms with Crippen molar-refractivity contribution in [3.05, 3.63) is 100 Å². The molecule has 0 saturated heterocycles. The molecule has 0 spiro atoms. The third kappa shape index (κ3) is 3.75. The molecule has 1 aliphatic carbocycles. The fourth-order valence-electron chi connectivity index (χ4n) is 5.24. The minimum Gasteiger partial charge on any atom is -0.310 e. The van der Waals surface area contributed by atoms with Gasteiger partial charge in [-0.05, 0) is 79.5 Å². The third-order valence-electron chi connectivity index (χ3n) is 6.90. The number of amides is 2. The maximum Gasteiger partial charge on any atom is 0.322 e. The van der Waals surface area contributed by atoms with Crippen LogP contribution in [0.1, 0.15) is 46.1 Å². The molecule has 0 radical (unpaired) electrons. The predicted molar refractivity (Wildman–Crippen MR) is 141 cm³/mol. The summed E-state index contributed by atoms with van der Waals surface area (Å²) in [6.45, 7) is 0.608. The average molecular weight is 486 g/mol. The molecule has 2 aromatic heterocycles. The number of thioether (sulfide) groups is 1. The summed E-state index contributed by atoms with van der Waals surface area (Å²) in [6, 6.07) is 22.5. The van der Waals surface area contributed by atoms with Gasteiger partial charge in [-0.1, -0.05) is 30.3 Å². The van der Waals surface area contributed by atoms with Gasteiger partial charge >= 0.3 is 6.03 Å². The van der Waals surface area contributed by atoms with Crippen LogP contribution in [0.25, 0.3) is 5.00 Å². The Bertz CT molecular complexity index is 1320. The van der Waals surface area contributed by atoms with Crippen molar-refractivity contribution in [2.75, 3.05) is 11.6 Å². The van der Waals surface area contributed by atoms with Gasteiger partial charge in [0.15, 0.2) is 0 Å². The molecule has 6 heteroatoms. The summed E-state index contributed by atoms with van der Waals surface area (Å²) < 4.78 is 2.33. The van der Waals surface area contributed by atoms with Gasteiger partial charge in [0, 0.05) is 27.2 Å². The number of para-hydroxylation sites is 1. The second-order valence-corrected chi connectivity index (χ2v) is 10.9. The lowest BCUT2D eigenvalue weighted by molar-refractivity contribution is 0.194. The first-order chi connectivity index (χ1) is 16.7. The highest BCUT2D eigenvalue weighted by Gasteiger charge is 2.36. The van der Waals surface area contributed by atoms with E-state index >= 15 is 0 Å². The van der Waals surface area contributed by atoms with Crippen LogP contribution in [0.4, 0.5) is 10.5 Å². The molecule has 34 heavy (non-hydrogen) atoms. The van der Waals surface area contributed by atoms with Crippen molar-refractivity contribution >= 4 is 34.8 Å². The molecule has 1 N–H and O–H groups in total. The number of hydrogen-bond acceptors (Lipinski definition) is 3. The summed E-state index contributed by atoms with van der Waals surface area (Å²) in [5.74, 6) is 0. The summed E-state index contributed by atoms with van der Waals surface area (Å²) in [4.78, 5) is 18.6. The molecule has 2 aliphatic rings. The predicted octanol–water partition coefficient (Wildman–Crippen LogP) is 7.28. The summed E-state index contributed by atoms with van der Waals surface area (Å²) >= 11 is 3.66. The van der Waals surface area contributed by atoms with Crippen LogP contribution in [-0.2, 0) is 19.4 Å². The van der Waals surface area contributed by atoms with Gasteiger partial charge in [-0.2, -0.15) is 0 Å². The normalized spacial score (nSPS) is 16.9. The lowest BCUT2D eigenvalue weighted by Gasteiger charge is -2.31. The van der Waals surface area contributed by atoms with Crippen LogP contribution in [0.5, 0.6) is 0 Å². The maximum absolute atomic E-state index is 13.9. The minimum atomic E-state index is -0.173. The number of thiophene rings is 1. The van der Waals surface area contributed by atoms with E-state index in [-0.39, 0.29) is 12.1 Å². The Morgan fingerprint density at radius 3 is 2.56 bits per heavy atom. The first-order valence-electron chi connectivity index (χ1n) is 11.8. The Hall–Kier alpha value is -2.96. The molecular weight excluding hydrogens is 458 g/mol. The smallest absolute Gasteiger partial charge is 0.310 e. The monoisotopic (exact) mass is 485 g/mol. The first kappa shape index (κ1) is 21.6. The number of rotatable bonds is 3. The van der Waals surface area contributed by atoms with E-state index in [0.29, 0.717) is 6.54 Å². The summed E-state index contributed by atoms with van der Waals surface area (Å²) in [5, 5.41) is 4.45. The zero-order valence-corrected chi connectivity index (χ0v) is 20.8. The number of aromatic nitrogens is 1. The van der Waals surface area contributed by atoms with Crippen molar-refractivity contribution in [2.24, 2.45) is 0 Å². The van der Waals surface area contributed by atoms with Crippen LogP contribution >= 0.6 is 23.1 Å². The molecule has 0 unspecified atom stereocenters. The molecule has 2 amide bonds. The third-order valence-corrected chi connectivity index (χ3v) is 8.97. The van der Waals surface area contributed by atoms with Crippen LogP contribution in [0, 0.1) is 0 Å². The number of fused-ring (bicyclic) bond motifs is 5. The van der Waals surface area contributed by atoms with E-state index in [9.17, 15) is 4.79 Å². The van der Waals surface area contributed by atoms with E-state index in [1.54, 1.807) is 11.8 Å². The van der Waals surface area contributed by atoms with Crippen molar-refractivity contribution in [3.8, 4) is 5.00 Å². The maximum atomic E-state index is 13.9. The van der Waals surface area contributed by atoms with E-state index in [1.807, 2.05) is 46.6 Å². The summed E-state index contributed by atoms with van der Waals surface area (Å²) in [5.41, 5.74) is 5.88. The van der Waals surface area contributed by atoms with E-state index in [1.165, 1.54) is 38.7 Å². The van der Waals surface area contributed by atoms with E-state index in [2.05, 4.69) is 58.7 Å². The van der Waals surface area contributed by atoms with Gasteiger partial charge in [-0.3, -0.25) is 0 Å². The van der Waals surface area contributed by atoms with Crippen LogP contribution in [0.15, 0.2) is 77.8 Å². The number of hydrogen-bond donors (Lipinski definition) is 1. The Labute approximate surface area is 208 Å². The Kier molecular flexibility index (Phi) is 5.71. The highest BCUT2D eigenvalue weighted by atomic mass is 32.2. The van der Waals surface area contributed by atoms with Crippen molar-refractivity contribution in [2.45, 2.75) is 43.2 Å². The van der Waals surface area contributed by atoms with Gasteiger partial charge in [0.25, 0.3) is 0 Å². The molecule has 0 saturated carbocycles. The quantitative estimate of drug-likeness (QED) is 0.310. The number of anilines is 1. The lowest BCUT2D eigenvalue weighted by atomic mass is 9.95. The highest BCUT2D eigenvalue weighted by molar-refractivity contribution is 7.98. The Morgan fingerprint density at radius 1 is 0.971 bits per heavy atom. The molecule has 0 fully saturated rings. The van der Waals surface area contributed by atoms with E-state index < -0.39 is 0 Å². The van der Waals surface area contributed by atoms with Crippen molar-refractivity contribution in [1.82, 2.24) is 9.47 Å². The standard InChI is InChI=1S/C28H27N3OS2/c1-33-21-15-13-19(14-16-21)26-24-11-7-17-30(24)27-23(22-10-5-6-12-25(22)34-27)18-31(26)28(32)29-20-8-3-2-4-9-20/h2-4,7-9,11,13-17,26H,5-6,10,12,18H2,1H3,(H,29,32)/t26-/m1/s1. The SMILES string of the molecule is CSc1ccc([C@@H]2c3cccn3-c3sc4c(c3CN2C(=O)Nc2ccccc2)CCCC4)cc1. The van der Waals surface area contributed by atoms with E-state index in [0.717, 1.165) is 29.8 Å². The molecule has 6 rings (SSSR count). The zero-order valence-electron chi connectivity index (χ0n) is 19.2.